The summed E-state index contributed by atoms with van der Waals surface area (Å²) in [5.74, 6) is -0.219. The second-order valence-electron chi connectivity index (χ2n) is 10.3. The summed E-state index contributed by atoms with van der Waals surface area (Å²) in [4.78, 5) is 45.8. The molecule has 152 valence electrons. The molecule has 0 N–H and O–H groups in total. The van der Waals surface area contributed by atoms with Gasteiger partial charge in [-0.15, -0.1) is 10.8 Å². The van der Waals surface area contributed by atoms with Gasteiger partial charge in [0.1, 0.15) is 23.1 Å². The van der Waals surface area contributed by atoms with Gasteiger partial charge in [0.2, 0.25) is 0 Å². The van der Waals surface area contributed by atoms with Crippen molar-refractivity contribution in [3.63, 3.8) is 0 Å². The zero-order chi connectivity index (χ0) is 21.7. The Morgan fingerprint density at radius 3 is 0.815 bits per heavy atom. The first kappa shape index (κ1) is 31.9. The van der Waals surface area contributed by atoms with Crippen LogP contribution in [0.5, 0.6) is 0 Å². The van der Waals surface area contributed by atoms with E-state index in [-0.39, 0.29) is 84.9 Å². The van der Waals surface area contributed by atoms with Crippen molar-refractivity contribution in [2.24, 2.45) is 21.7 Å². The maximum atomic E-state index is 11.5. The van der Waals surface area contributed by atoms with Gasteiger partial charge in [0.05, 0.1) is 12.8 Å². The largest absolute Gasteiger partial charge is 2.00 e. The number of hydrogen-bond acceptors (Lipinski definition) is 4. The number of hydrogen-bond donors (Lipinski definition) is 0. The summed E-state index contributed by atoms with van der Waals surface area (Å²) in [7, 11) is 0. The molecule has 0 aromatic carbocycles. The van der Waals surface area contributed by atoms with Crippen molar-refractivity contribution in [3.05, 3.63) is 13.8 Å². The van der Waals surface area contributed by atoms with Crippen molar-refractivity contribution in [1.29, 1.82) is 0 Å². The molecule has 0 amide bonds. The maximum absolute atomic E-state index is 11.5. The number of Topliss-reactive ketones (excluding diaryl/α,β-unsaturated/α-hetero) is 4. The average molecular weight is 504 g/mol. The fraction of sp³-hybridized carbons (Fsp3) is 0.727. The molecule has 0 aliphatic rings. The minimum Gasteiger partial charge on any atom is -0.331 e. The van der Waals surface area contributed by atoms with Crippen molar-refractivity contribution in [2.45, 2.75) is 82.1 Å². The van der Waals surface area contributed by atoms with Crippen LogP contribution in [0.15, 0.2) is 0 Å². The summed E-state index contributed by atoms with van der Waals surface area (Å²) >= 11 is 0. The summed E-state index contributed by atoms with van der Waals surface area (Å²) < 4.78 is 0. The quantitative estimate of drug-likeness (QED) is 0.305. The standard InChI is InChI=1S/2C11H19O2.Ba/c2*1-10(2,3)8(12)7-9(13)11(4,5)6;/h2*1,7H2,2-6H3;/q2*-1;+2. The molecule has 0 aliphatic heterocycles. The van der Waals surface area contributed by atoms with Gasteiger partial charge in [0.15, 0.2) is 0 Å². The molecule has 0 rings (SSSR count). The molecule has 0 unspecified atom stereocenters. The van der Waals surface area contributed by atoms with Crippen LogP contribution < -0.4 is 0 Å². The summed E-state index contributed by atoms with van der Waals surface area (Å²) in [6.07, 6.45) is -0.000000000000000444. The molecule has 0 fully saturated rings. The molecule has 5 heteroatoms. The Labute approximate surface area is 207 Å². The van der Waals surface area contributed by atoms with Crippen molar-refractivity contribution in [2.75, 3.05) is 0 Å². The van der Waals surface area contributed by atoms with Gasteiger partial charge >= 0.3 is 48.9 Å². The van der Waals surface area contributed by atoms with Gasteiger partial charge in [-0.1, -0.05) is 69.2 Å². The second kappa shape index (κ2) is 11.4. The third-order valence-corrected chi connectivity index (χ3v) is 3.82. The molecule has 0 saturated carbocycles. The third-order valence-electron chi connectivity index (χ3n) is 3.82. The zero-order valence-electron chi connectivity index (χ0n) is 19.2. The van der Waals surface area contributed by atoms with E-state index in [9.17, 15) is 19.2 Å². The van der Waals surface area contributed by atoms with E-state index in [1.807, 2.05) is 41.5 Å². The van der Waals surface area contributed by atoms with Crippen LogP contribution in [0.1, 0.15) is 82.1 Å². The molecule has 0 saturated heterocycles. The van der Waals surface area contributed by atoms with E-state index in [0.29, 0.717) is 0 Å². The number of rotatable bonds is 6. The smallest absolute Gasteiger partial charge is 0.331 e. The Balaban J connectivity index is -0.000000411. The molecule has 0 aromatic heterocycles. The van der Waals surface area contributed by atoms with Crippen LogP contribution in [-0.4, -0.2) is 72.0 Å². The number of ketones is 4. The van der Waals surface area contributed by atoms with Crippen molar-refractivity contribution in [3.8, 4) is 0 Å². The first-order valence-electron chi connectivity index (χ1n) is 8.94. The van der Waals surface area contributed by atoms with Gasteiger partial charge in [-0.25, -0.2) is 0 Å². The predicted molar refractivity (Wildman–Crippen MR) is 112 cm³/mol. The van der Waals surface area contributed by atoms with Gasteiger partial charge in [0, 0.05) is 10.8 Å². The van der Waals surface area contributed by atoms with Crippen LogP contribution in [0.25, 0.3) is 0 Å². The predicted octanol–water partition coefficient (Wildman–Crippen LogP) is 4.46. The molecule has 0 atom stereocenters. The van der Waals surface area contributed by atoms with E-state index in [0.717, 1.165) is 0 Å². The van der Waals surface area contributed by atoms with Crippen LogP contribution in [0.2, 0.25) is 0 Å². The molecular weight excluding hydrogens is 466 g/mol. The van der Waals surface area contributed by atoms with E-state index in [4.69, 9.17) is 0 Å². The first-order chi connectivity index (χ1) is 11.1. The normalized spacial score (nSPS) is 12.3. The van der Waals surface area contributed by atoms with E-state index < -0.39 is 21.7 Å². The monoisotopic (exact) mass is 504 g/mol. The maximum Gasteiger partial charge on any atom is 2.00 e. The van der Waals surface area contributed by atoms with Gasteiger partial charge in [0.25, 0.3) is 0 Å². The number of carbonyl (C=O) groups excluding carboxylic acids is 4. The summed E-state index contributed by atoms with van der Waals surface area (Å²) in [5.41, 5.74) is -2.16. The fourth-order valence-corrected chi connectivity index (χ4v) is 1.30. The van der Waals surface area contributed by atoms with Crippen molar-refractivity contribution >= 4 is 72.0 Å². The van der Waals surface area contributed by atoms with Crippen LogP contribution >= 0.6 is 0 Å². The molecule has 0 bridgehead atoms. The molecule has 0 aromatic rings. The topological polar surface area (TPSA) is 68.3 Å². The van der Waals surface area contributed by atoms with E-state index in [1.54, 1.807) is 27.7 Å². The van der Waals surface area contributed by atoms with Crippen molar-refractivity contribution in [1.82, 2.24) is 0 Å². The van der Waals surface area contributed by atoms with Gasteiger partial charge in [-0.05, 0) is 0 Å². The van der Waals surface area contributed by atoms with Crippen LogP contribution in [0.4, 0.5) is 0 Å². The average Bonchev–Trinajstić information content (AvgIpc) is 2.34. The Morgan fingerprint density at radius 2 is 0.704 bits per heavy atom. The molecule has 0 radical (unpaired) electrons. The Bertz CT molecular complexity index is 435. The summed E-state index contributed by atoms with van der Waals surface area (Å²) in [6.45, 7) is 25.2. The van der Waals surface area contributed by atoms with E-state index in [1.165, 1.54) is 0 Å². The Hall–Kier alpha value is 0.251. The van der Waals surface area contributed by atoms with Gasteiger partial charge < -0.3 is 23.4 Å². The molecule has 0 spiro atoms. The fourth-order valence-electron chi connectivity index (χ4n) is 1.30. The third kappa shape index (κ3) is 14.8. The van der Waals surface area contributed by atoms with Gasteiger partial charge in [-0.3, -0.25) is 9.59 Å². The van der Waals surface area contributed by atoms with E-state index >= 15 is 0 Å². The minimum atomic E-state index is -0.652. The Kier molecular flexibility index (Phi) is 13.5. The second-order valence-corrected chi connectivity index (χ2v) is 10.3. The molecule has 0 aliphatic carbocycles. The number of carbonyl (C=O) groups is 4. The van der Waals surface area contributed by atoms with Crippen LogP contribution in [-0.2, 0) is 19.2 Å². The van der Waals surface area contributed by atoms with Crippen LogP contribution in [0, 0.1) is 35.5 Å². The Morgan fingerprint density at radius 1 is 0.519 bits per heavy atom. The summed E-state index contributed by atoms with van der Waals surface area (Å²) in [6, 6.07) is 0. The molecular formula is C22H38BaO4. The summed E-state index contributed by atoms with van der Waals surface area (Å²) in [5, 5.41) is 0. The molecule has 0 heterocycles. The zero-order valence-corrected chi connectivity index (χ0v) is 23.6. The first-order valence-corrected chi connectivity index (χ1v) is 8.94. The SMILES string of the molecule is [Ba+2].[CH2-]C(C)(C)C(=O)CC(=O)C(C)(C)C.[CH2-]C(C)(C)C(=O)CC(=O)C(C)(C)C. The minimum absolute atomic E-state index is 0. The molecule has 27 heavy (non-hydrogen) atoms. The van der Waals surface area contributed by atoms with Gasteiger partial charge in [-0.2, -0.15) is 0 Å². The van der Waals surface area contributed by atoms with Crippen molar-refractivity contribution < 1.29 is 19.2 Å². The van der Waals surface area contributed by atoms with Crippen LogP contribution in [0.3, 0.4) is 0 Å². The van der Waals surface area contributed by atoms with E-state index in [2.05, 4.69) is 13.8 Å². The molecule has 4 nitrogen and oxygen atoms in total.